The second kappa shape index (κ2) is 6.43. The van der Waals surface area contributed by atoms with E-state index >= 15 is 0 Å². The molecule has 2 unspecified atom stereocenters. The maximum absolute atomic E-state index is 14.6. The second-order valence-corrected chi connectivity index (χ2v) is 6.96. The van der Waals surface area contributed by atoms with Crippen molar-refractivity contribution < 1.29 is 18.0 Å². The zero-order valence-electron chi connectivity index (χ0n) is 14.1. The fourth-order valence-electron chi connectivity index (χ4n) is 3.86. The number of hydrogen-bond donors (Lipinski definition) is 1. The predicted molar refractivity (Wildman–Crippen MR) is 91.8 cm³/mol. The molecule has 0 bridgehead atoms. The number of rotatable bonds is 4. The van der Waals surface area contributed by atoms with Crippen molar-refractivity contribution in [2.45, 2.75) is 24.8 Å². The molecule has 2 N–H and O–H groups in total. The van der Waals surface area contributed by atoms with Crippen LogP contribution in [0.5, 0.6) is 0 Å². The van der Waals surface area contributed by atoms with Crippen LogP contribution in [0.1, 0.15) is 24.3 Å². The topological polar surface area (TPSA) is 46.3 Å². The van der Waals surface area contributed by atoms with Gasteiger partial charge in [0.15, 0.2) is 0 Å². The largest absolute Gasteiger partial charge is 0.338 e. The SMILES string of the molecule is NC[C@@H]1CCN1C(=O)C1CC1c1c(F)cccc1-c1c(F)cccc1F. The van der Waals surface area contributed by atoms with Crippen LogP contribution in [0, 0.1) is 23.4 Å². The van der Waals surface area contributed by atoms with Gasteiger partial charge in [-0.05, 0) is 48.1 Å². The van der Waals surface area contributed by atoms with Gasteiger partial charge in [-0.2, -0.15) is 0 Å². The molecule has 2 aromatic rings. The molecule has 0 aromatic heterocycles. The Morgan fingerprint density at radius 2 is 1.73 bits per heavy atom. The highest BCUT2D eigenvalue weighted by Gasteiger charge is 2.50. The number of carbonyl (C=O) groups excluding carboxylic acids is 1. The van der Waals surface area contributed by atoms with E-state index in [9.17, 15) is 18.0 Å². The standard InChI is InChI=1S/C20H19F3N2O/c21-15-4-1-3-12(19-16(22)5-2-6-17(19)23)18(15)13-9-14(13)20(26)25-8-7-11(25)10-24/h1-6,11,13-14H,7-10,24H2/t11-,13?,14?/m0/s1. The predicted octanol–water partition coefficient (Wildman–Crippen LogP) is 3.43. The summed E-state index contributed by atoms with van der Waals surface area (Å²) in [7, 11) is 0. The lowest BCUT2D eigenvalue weighted by atomic mass is 9.94. The van der Waals surface area contributed by atoms with Crippen molar-refractivity contribution in [3.05, 3.63) is 59.4 Å². The third-order valence-electron chi connectivity index (χ3n) is 5.46. The number of nitrogens with zero attached hydrogens (tertiary/aromatic N) is 1. The first-order valence-corrected chi connectivity index (χ1v) is 8.76. The van der Waals surface area contributed by atoms with Crippen molar-refractivity contribution >= 4 is 5.91 Å². The van der Waals surface area contributed by atoms with E-state index in [1.807, 2.05) is 0 Å². The van der Waals surface area contributed by atoms with E-state index in [2.05, 4.69) is 0 Å². The van der Waals surface area contributed by atoms with Gasteiger partial charge in [-0.3, -0.25) is 4.79 Å². The number of benzene rings is 2. The van der Waals surface area contributed by atoms with Crippen LogP contribution in [0.3, 0.4) is 0 Å². The van der Waals surface area contributed by atoms with Crippen LogP contribution in [-0.2, 0) is 4.79 Å². The average molecular weight is 360 g/mol. The molecule has 1 saturated heterocycles. The molecule has 2 fully saturated rings. The van der Waals surface area contributed by atoms with E-state index in [0.717, 1.165) is 18.6 Å². The molecule has 1 aliphatic carbocycles. The van der Waals surface area contributed by atoms with Crippen LogP contribution in [-0.4, -0.2) is 29.9 Å². The van der Waals surface area contributed by atoms with Crippen molar-refractivity contribution in [1.82, 2.24) is 4.90 Å². The molecule has 136 valence electrons. The van der Waals surface area contributed by atoms with Gasteiger partial charge in [0.05, 0.1) is 5.56 Å². The first kappa shape index (κ1) is 17.1. The highest BCUT2D eigenvalue weighted by molar-refractivity contribution is 5.85. The van der Waals surface area contributed by atoms with E-state index in [-0.39, 0.29) is 40.5 Å². The lowest BCUT2D eigenvalue weighted by Gasteiger charge is -2.40. The molecule has 4 rings (SSSR count). The van der Waals surface area contributed by atoms with E-state index in [1.54, 1.807) is 4.90 Å². The van der Waals surface area contributed by atoms with E-state index in [1.165, 1.54) is 24.3 Å². The van der Waals surface area contributed by atoms with Gasteiger partial charge in [0, 0.05) is 25.0 Å². The lowest BCUT2D eigenvalue weighted by molar-refractivity contribution is -0.140. The summed E-state index contributed by atoms with van der Waals surface area (Å²) >= 11 is 0. The van der Waals surface area contributed by atoms with Gasteiger partial charge < -0.3 is 10.6 Å². The summed E-state index contributed by atoms with van der Waals surface area (Å²) in [5.74, 6) is -2.78. The quantitative estimate of drug-likeness (QED) is 0.908. The molecule has 1 heterocycles. The number of carbonyl (C=O) groups is 1. The lowest BCUT2D eigenvalue weighted by Crippen LogP contribution is -2.55. The average Bonchev–Trinajstić information content (AvgIpc) is 3.34. The summed E-state index contributed by atoms with van der Waals surface area (Å²) < 4.78 is 43.0. The molecule has 2 aromatic carbocycles. The van der Waals surface area contributed by atoms with E-state index in [4.69, 9.17) is 5.73 Å². The molecule has 1 saturated carbocycles. The Morgan fingerprint density at radius 1 is 1.08 bits per heavy atom. The van der Waals surface area contributed by atoms with E-state index < -0.39 is 17.5 Å². The molecule has 3 atom stereocenters. The van der Waals surface area contributed by atoms with Crippen molar-refractivity contribution in [2.24, 2.45) is 11.7 Å². The van der Waals surface area contributed by atoms with Gasteiger partial charge in [0.1, 0.15) is 17.5 Å². The maximum atomic E-state index is 14.6. The summed E-state index contributed by atoms with van der Waals surface area (Å²) in [6.45, 7) is 1.07. The third-order valence-corrected chi connectivity index (χ3v) is 5.46. The van der Waals surface area contributed by atoms with Crippen molar-refractivity contribution in [2.75, 3.05) is 13.1 Å². The van der Waals surface area contributed by atoms with Gasteiger partial charge in [-0.15, -0.1) is 0 Å². The first-order valence-electron chi connectivity index (χ1n) is 8.76. The third kappa shape index (κ3) is 2.69. The highest BCUT2D eigenvalue weighted by atomic mass is 19.1. The number of amides is 1. The maximum Gasteiger partial charge on any atom is 0.226 e. The molecule has 1 aliphatic heterocycles. The number of halogens is 3. The summed E-state index contributed by atoms with van der Waals surface area (Å²) in [4.78, 5) is 14.4. The Kier molecular flexibility index (Phi) is 4.23. The van der Waals surface area contributed by atoms with Crippen molar-refractivity contribution in [3.63, 3.8) is 0 Å². The molecule has 0 radical (unpaired) electrons. The number of hydrogen-bond acceptors (Lipinski definition) is 2. The summed E-state index contributed by atoms with van der Waals surface area (Å²) in [5, 5.41) is 0. The summed E-state index contributed by atoms with van der Waals surface area (Å²) in [6, 6.07) is 7.82. The van der Waals surface area contributed by atoms with Crippen LogP contribution in [0.4, 0.5) is 13.2 Å². The minimum absolute atomic E-state index is 0.0418. The number of likely N-dealkylation sites (tertiary alicyclic amines) is 1. The minimum atomic E-state index is -0.744. The fourth-order valence-corrected chi connectivity index (χ4v) is 3.86. The zero-order valence-corrected chi connectivity index (χ0v) is 14.1. The first-order chi connectivity index (χ1) is 12.5. The zero-order chi connectivity index (χ0) is 18.4. The minimum Gasteiger partial charge on any atom is -0.338 e. The number of nitrogens with two attached hydrogens (primary N) is 1. The Morgan fingerprint density at radius 3 is 2.35 bits per heavy atom. The summed E-state index contributed by atoms with van der Waals surface area (Å²) in [6.07, 6.45) is 1.36. The van der Waals surface area contributed by atoms with Gasteiger partial charge in [-0.1, -0.05) is 18.2 Å². The Balaban J connectivity index is 1.68. The van der Waals surface area contributed by atoms with Gasteiger partial charge in [0.2, 0.25) is 5.91 Å². The van der Waals surface area contributed by atoms with Gasteiger partial charge >= 0.3 is 0 Å². The summed E-state index contributed by atoms with van der Waals surface area (Å²) in [5.41, 5.74) is 5.80. The van der Waals surface area contributed by atoms with Gasteiger partial charge in [0.25, 0.3) is 0 Å². The molecule has 0 spiro atoms. The highest BCUT2D eigenvalue weighted by Crippen LogP contribution is 2.53. The molecule has 3 nitrogen and oxygen atoms in total. The van der Waals surface area contributed by atoms with Crippen LogP contribution in [0.15, 0.2) is 36.4 Å². The fraction of sp³-hybridized carbons (Fsp3) is 0.350. The van der Waals surface area contributed by atoms with Gasteiger partial charge in [-0.25, -0.2) is 13.2 Å². The van der Waals surface area contributed by atoms with Crippen molar-refractivity contribution in [1.29, 1.82) is 0 Å². The molecule has 2 aliphatic rings. The molecule has 6 heteroatoms. The Bertz CT molecular complexity index is 848. The monoisotopic (exact) mass is 360 g/mol. The smallest absolute Gasteiger partial charge is 0.226 e. The van der Waals surface area contributed by atoms with Crippen LogP contribution in [0.2, 0.25) is 0 Å². The molecule has 26 heavy (non-hydrogen) atoms. The Labute approximate surface area is 149 Å². The van der Waals surface area contributed by atoms with E-state index in [0.29, 0.717) is 19.5 Å². The molecule has 1 amide bonds. The van der Waals surface area contributed by atoms with Crippen LogP contribution in [0.25, 0.3) is 11.1 Å². The second-order valence-electron chi connectivity index (χ2n) is 6.96. The normalized spacial score (nSPS) is 24.3. The van der Waals surface area contributed by atoms with Crippen molar-refractivity contribution in [3.8, 4) is 11.1 Å². The molecular weight excluding hydrogens is 341 g/mol. The Hall–Kier alpha value is -2.34. The van der Waals surface area contributed by atoms with Crippen LogP contribution < -0.4 is 5.73 Å². The molecular formula is C20H19F3N2O. The van der Waals surface area contributed by atoms with Crippen LogP contribution >= 0.6 is 0 Å².